The van der Waals surface area contributed by atoms with Crippen LogP contribution in [0.2, 0.25) is 0 Å². The fraction of sp³-hybridized carbons (Fsp3) is 0.800. The lowest BCUT2D eigenvalue weighted by atomic mass is 10.0. The van der Waals surface area contributed by atoms with Gasteiger partial charge in [0, 0.05) is 13.2 Å². The van der Waals surface area contributed by atoms with Gasteiger partial charge >= 0.3 is 0 Å². The minimum absolute atomic E-state index is 0.0578. The van der Waals surface area contributed by atoms with Crippen molar-refractivity contribution in [1.82, 2.24) is 10.6 Å². The maximum atomic E-state index is 11.1. The minimum Gasteiger partial charge on any atom is -0.396 e. The molecule has 0 unspecified atom stereocenters. The highest BCUT2D eigenvalue weighted by Gasteiger charge is 2.41. The molecule has 0 aromatic carbocycles. The Hall–Kier alpha value is -1.12. The molecular formula is C10H17N3O2. The van der Waals surface area contributed by atoms with Gasteiger partial charge in [0.25, 0.3) is 0 Å². The zero-order valence-electron chi connectivity index (χ0n) is 8.75. The van der Waals surface area contributed by atoms with E-state index < -0.39 is 0 Å². The molecule has 5 nitrogen and oxygen atoms in total. The van der Waals surface area contributed by atoms with Gasteiger partial charge in [0.2, 0.25) is 5.91 Å². The number of aliphatic hydroxyl groups excluding tert-OH is 1. The Morgan fingerprint density at radius 2 is 2.27 bits per heavy atom. The highest BCUT2D eigenvalue weighted by Crippen LogP contribution is 2.47. The van der Waals surface area contributed by atoms with Crippen LogP contribution in [0, 0.1) is 16.7 Å². The molecule has 0 heterocycles. The summed E-state index contributed by atoms with van der Waals surface area (Å²) in [6.07, 6.45) is 3.06. The summed E-state index contributed by atoms with van der Waals surface area (Å²) in [5.74, 6) is -0.156. The molecule has 1 amide bonds. The third kappa shape index (κ3) is 4.28. The molecular weight excluding hydrogens is 194 g/mol. The summed E-state index contributed by atoms with van der Waals surface area (Å²) < 4.78 is 0. The third-order valence-corrected chi connectivity index (χ3v) is 2.75. The second-order valence-electron chi connectivity index (χ2n) is 4.01. The first-order chi connectivity index (χ1) is 7.22. The van der Waals surface area contributed by atoms with Crippen LogP contribution in [0.4, 0.5) is 0 Å². The largest absolute Gasteiger partial charge is 0.396 e. The fourth-order valence-corrected chi connectivity index (χ4v) is 1.57. The monoisotopic (exact) mass is 211 g/mol. The molecule has 0 aromatic heterocycles. The first kappa shape index (κ1) is 12.0. The quantitative estimate of drug-likeness (QED) is 0.490. The standard InChI is InChI=1S/C10H17N3O2/c11-4-5-13-9(15)7-12-8-10(1-2-10)3-6-14/h12,14H,1-3,5-8H2,(H,13,15). The Labute approximate surface area is 89.5 Å². The van der Waals surface area contributed by atoms with Gasteiger partial charge in [0.15, 0.2) is 0 Å². The first-order valence-electron chi connectivity index (χ1n) is 5.18. The summed E-state index contributed by atoms with van der Waals surface area (Å²) in [4.78, 5) is 11.1. The van der Waals surface area contributed by atoms with Crippen molar-refractivity contribution in [1.29, 1.82) is 5.26 Å². The maximum Gasteiger partial charge on any atom is 0.234 e. The number of aliphatic hydroxyl groups is 1. The summed E-state index contributed by atoms with van der Waals surface area (Å²) >= 11 is 0. The lowest BCUT2D eigenvalue weighted by Gasteiger charge is -2.13. The molecule has 0 radical (unpaired) electrons. The van der Waals surface area contributed by atoms with Crippen LogP contribution in [0.15, 0.2) is 0 Å². The van der Waals surface area contributed by atoms with Crippen LogP contribution in [-0.4, -0.2) is 37.3 Å². The van der Waals surface area contributed by atoms with Gasteiger partial charge in [-0.1, -0.05) is 0 Å². The molecule has 1 rings (SSSR count). The van der Waals surface area contributed by atoms with E-state index in [-0.39, 0.29) is 31.0 Å². The molecule has 1 saturated carbocycles. The van der Waals surface area contributed by atoms with E-state index in [1.54, 1.807) is 0 Å². The van der Waals surface area contributed by atoms with E-state index in [0.29, 0.717) is 0 Å². The molecule has 0 atom stereocenters. The van der Waals surface area contributed by atoms with Gasteiger partial charge in [-0.3, -0.25) is 4.79 Å². The zero-order valence-corrected chi connectivity index (χ0v) is 8.75. The Kier molecular flexibility index (Phi) is 4.53. The third-order valence-electron chi connectivity index (χ3n) is 2.75. The molecule has 84 valence electrons. The van der Waals surface area contributed by atoms with Gasteiger partial charge in [-0.15, -0.1) is 0 Å². The summed E-state index contributed by atoms with van der Waals surface area (Å²) in [6, 6.07) is 1.85. The van der Waals surface area contributed by atoms with Crippen molar-refractivity contribution < 1.29 is 9.90 Å². The van der Waals surface area contributed by atoms with Crippen molar-refractivity contribution in [3.05, 3.63) is 0 Å². The van der Waals surface area contributed by atoms with Gasteiger partial charge in [0.05, 0.1) is 12.6 Å². The molecule has 0 bridgehead atoms. The average Bonchev–Trinajstić information content (AvgIpc) is 2.96. The molecule has 1 aliphatic carbocycles. The average molecular weight is 211 g/mol. The second kappa shape index (κ2) is 5.69. The van der Waals surface area contributed by atoms with E-state index in [1.807, 2.05) is 6.07 Å². The number of amides is 1. The SMILES string of the molecule is N#CCNC(=O)CNCC1(CCO)CC1. The lowest BCUT2D eigenvalue weighted by Crippen LogP contribution is -2.36. The van der Waals surface area contributed by atoms with Crippen LogP contribution in [-0.2, 0) is 4.79 Å². The zero-order chi connectivity index (χ0) is 11.1. The smallest absolute Gasteiger partial charge is 0.234 e. The lowest BCUT2D eigenvalue weighted by molar-refractivity contribution is -0.120. The second-order valence-corrected chi connectivity index (χ2v) is 4.01. The minimum atomic E-state index is -0.156. The van der Waals surface area contributed by atoms with Crippen LogP contribution in [0.1, 0.15) is 19.3 Å². The van der Waals surface area contributed by atoms with E-state index in [0.717, 1.165) is 25.8 Å². The molecule has 0 aliphatic heterocycles. The van der Waals surface area contributed by atoms with Crippen molar-refractivity contribution in [2.24, 2.45) is 5.41 Å². The number of nitriles is 1. The highest BCUT2D eigenvalue weighted by atomic mass is 16.3. The number of nitrogens with one attached hydrogen (secondary N) is 2. The molecule has 0 saturated heterocycles. The predicted molar refractivity (Wildman–Crippen MR) is 54.9 cm³/mol. The highest BCUT2D eigenvalue weighted by molar-refractivity contribution is 5.78. The number of carbonyl (C=O) groups excluding carboxylic acids is 1. The van der Waals surface area contributed by atoms with Gasteiger partial charge in [-0.25, -0.2) is 0 Å². The van der Waals surface area contributed by atoms with Gasteiger partial charge in [-0.2, -0.15) is 5.26 Å². The molecule has 0 spiro atoms. The first-order valence-corrected chi connectivity index (χ1v) is 5.18. The number of carbonyl (C=O) groups is 1. The Bertz CT molecular complexity index is 256. The van der Waals surface area contributed by atoms with E-state index in [1.165, 1.54) is 0 Å². The number of hydrogen-bond donors (Lipinski definition) is 3. The summed E-state index contributed by atoms with van der Waals surface area (Å²) in [7, 11) is 0. The number of rotatable bonds is 7. The molecule has 1 fully saturated rings. The van der Waals surface area contributed by atoms with E-state index >= 15 is 0 Å². The van der Waals surface area contributed by atoms with Crippen LogP contribution < -0.4 is 10.6 Å². The van der Waals surface area contributed by atoms with Crippen molar-refractivity contribution in [3.63, 3.8) is 0 Å². The van der Waals surface area contributed by atoms with Crippen LogP contribution in [0.5, 0.6) is 0 Å². The van der Waals surface area contributed by atoms with Crippen LogP contribution in [0.3, 0.4) is 0 Å². The van der Waals surface area contributed by atoms with Crippen molar-refractivity contribution in [3.8, 4) is 6.07 Å². The molecule has 3 N–H and O–H groups in total. The Morgan fingerprint density at radius 3 is 2.80 bits per heavy atom. The van der Waals surface area contributed by atoms with E-state index in [2.05, 4.69) is 10.6 Å². The van der Waals surface area contributed by atoms with Crippen LogP contribution >= 0.6 is 0 Å². The molecule has 0 aromatic rings. The fourth-order valence-electron chi connectivity index (χ4n) is 1.57. The Balaban J connectivity index is 2.06. The van der Waals surface area contributed by atoms with Gasteiger partial charge in [0.1, 0.15) is 6.54 Å². The van der Waals surface area contributed by atoms with Crippen molar-refractivity contribution in [2.75, 3.05) is 26.2 Å². The van der Waals surface area contributed by atoms with Crippen LogP contribution in [0.25, 0.3) is 0 Å². The van der Waals surface area contributed by atoms with Crippen molar-refractivity contribution in [2.45, 2.75) is 19.3 Å². The number of hydrogen-bond acceptors (Lipinski definition) is 4. The van der Waals surface area contributed by atoms with Gasteiger partial charge < -0.3 is 15.7 Å². The van der Waals surface area contributed by atoms with Gasteiger partial charge in [-0.05, 0) is 24.7 Å². The normalized spacial score (nSPS) is 16.8. The summed E-state index contributed by atoms with van der Waals surface area (Å²) in [5, 5.41) is 22.6. The van der Waals surface area contributed by atoms with E-state index in [9.17, 15) is 4.79 Å². The van der Waals surface area contributed by atoms with E-state index in [4.69, 9.17) is 10.4 Å². The predicted octanol–water partition coefficient (Wildman–Crippen LogP) is -0.622. The maximum absolute atomic E-state index is 11.1. The summed E-state index contributed by atoms with van der Waals surface area (Å²) in [5.41, 5.74) is 0.226. The van der Waals surface area contributed by atoms with Crippen molar-refractivity contribution >= 4 is 5.91 Å². The molecule has 1 aliphatic rings. The topological polar surface area (TPSA) is 85.2 Å². The molecule has 15 heavy (non-hydrogen) atoms. The molecule has 5 heteroatoms. The Morgan fingerprint density at radius 1 is 1.53 bits per heavy atom. The summed E-state index contributed by atoms with van der Waals surface area (Å²) in [6.45, 7) is 1.28. The number of nitrogens with zero attached hydrogens (tertiary/aromatic N) is 1.